The Morgan fingerprint density at radius 1 is 0.871 bits per heavy atom. The van der Waals surface area contributed by atoms with Crippen LogP contribution in [0.3, 0.4) is 0 Å². The second-order valence-electron chi connectivity index (χ2n) is 22.1. The highest BCUT2D eigenvalue weighted by molar-refractivity contribution is 5.95. The molecule has 3 saturated carbocycles. The van der Waals surface area contributed by atoms with Gasteiger partial charge in [0.25, 0.3) is 0 Å². The van der Waals surface area contributed by atoms with Gasteiger partial charge in [-0.2, -0.15) is 0 Å². The molecule has 62 heavy (non-hydrogen) atoms. The Balaban J connectivity index is 1.14. The molecule has 1 saturated heterocycles. The van der Waals surface area contributed by atoms with Crippen LogP contribution in [0.15, 0.2) is 11.6 Å². The van der Waals surface area contributed by atoms with E-state index < -0.39 is 59.4 Å². The third-order valence-corrected chi connectivity index (χ3v) is 15.6. The van der Waals surface area contributed by atoms with Crippen LogP contribution in [0, 0.1) is 52.3 Å². The molecule has 0 aromatic heterocycles. The molecule has 11 atom stereocenters. The predicted molar refractivity (Wildman–Crippen MR) is 239 cm³/mol. The first-order valence-corrected chi connectivity index (χ1v) is 24.1. The monoisotopic (exact) mass is 868 g/mol. The molecule has 0 radical (unpaired) electrons. The van der Waals surface area contributed by atoms with Crippen LogP contribution in [0.5, 0.6) is 0 Å². The number of carbonyl (C=O) groups is 6. The molecule has 13 heteroatoms. The Labute approximate surface area is 371 Å². The average Bonchev–Trinajstić information content (AvgIpc) is 3.81. The van der Waals surface area contributed by atoms with Gasteiger partial charge in [-0.15, -0.1) is 0 Å². The smallest absolute Gasteiger partial charge is 0.408 e. The molecule has 0 unspecified atom stereocenters. The van der Waals surface area contributed by atoms with Gasteiger partial charge in [-0.1, -0.05) is 73.0 Å². The molecule has 0 aromatic carbocycles. The number of likely N-dealkylation sites (tertiary alicyclic amines) is 1. The zero-order valence-corrected chi connectivity index (χ0v) is 39.7. The maximum absolute atomic E-state index is 14.1. The lowest BCUT2D eigenvalue weighted by Gasteiger charge is -2.58. The molecule has 0 aromatic rings. The number of fused-ring (bicyclic) bond motifs is 5. The van der Waals surface area contributed by atoms with Gasteiger partial charge >= 0.3 is 12.1 Å². The normalized spacial score (nSPS) is 30.8. The fourth-order valence-electron chi connectivity index (χ4n) is 12.5. The lowest BCUT2D eigenvalue weighted by atomic mass is 9.47. The summed E-state index contributed by atoms with van der Waals surface area (Å²) in [6.07, 6.45) is 14.1. The zero-order valence-electron chi connectivity index (χ0n) is 39.7. The highest BCUT2D eigenvalue weighted by Crippen LogP contribution is 2.67. The Morgan fingerprint density at radius 2 is 1.60 bits per heavy atom. The van der Waals surface area contributed by atoms with Gasteiger partial charge < -0.3 is 36.1 Å². The van der Waals surface area contributed by atoms with Crippen LogP contribution in [0.25, 0.3) is 0 Å². The Hall–Kier alpha value is -3.64. The van der Waals surface area contributed by atoms with Crippen molar-refractivity contribution in [2.24, 2.45) is 58.0 Å². The van der Waals surface area contributed by atoms with Crippen LogP contribution in [0.1, 0.15) is 166 Å². The van der Waals surface area contributed by atoms with E-state index in [0.717, 1.165) is 55.3 Å². The van der Waals surface area contributed by atoms with E-state index in [9.17, 15) is 28.8 Å². The number of carbonyl (C=O) groups excluding carboxylic acids is 6. The standard InChI is InChI=1S/C49H81N5O8/c1-29(2)13-14-31(5)35-17-18-36-34-16-15-32-27-33(21-23-48(32,9)37(34)22-24-49(35,36)10)61-42(56)28-51-44(58)40-12-11-25-54(40)45(59)39(26-30(3)4)52-43(57)38(19-20-41(50)55)53-46(60)62-47(6,7)8/h15,29-31,33-40H,11-14,16-28H2,1-10H3,(H2,50,55)(H,51,58)(H,52,57)(H,53,60)/t31-,33-,34+,35-,36+,37+,38+,39+,40+,48+,49-/m1/s1. The maximum atomic E-state index is 14.1. The van der Waals surface area contributed by atoms with Crippen molar-refractivity contribution in [3.05, 3.63) is 11.6 Å². The molecular formula is C49H81N5O8. The largest absolute Gasteiger partial charge is 0.461 e. The minimum absolute atomic E-state index is 0.00745. The third kappa shape index (κ3) is 11.9. The number of nitrogens with one attached hydrogen (secondary N) is 3. The fourth-order valence-corrected chi connectivity index (χ4v) is 12.5. The zero-order chi connectivity index (χ0) is 45.7. The number of ether oxygens (including phenoxy) is 2. The van der Waals surface area contributed by atoms with Gasteiger partial charge in [-0.05, 0) is 144 Å². The maximum Gasteiger partial charge on any atom is 0.408 e. The molecule has 13 nitrogen and oxygen atoms in total. The Morgan fingerprint density at radius 3 is 2.26 bits per heavy atom. The first-order valence-electron chi connectivity index (χ1n) is 24.1. The van der Waals surface area contributed by atoms with E-state index in [0.29, 0.717) is 30.7 Å². The summed E-state index contributed by atoms with van der Waals surface area (Å²) in [6.45, 7) is 21.2. The molecular weight excluding hydrogens is 787 g/mol. The minimum atomic E-state index is -1.19. The Bertz CT molecular complexity index is 1670. The number of alkyl carbamates (subject to hydrolysis) is 1. The van der Waals surface area contributed by atoms with Crippen LogP contribution in [-0.4, -0.2) is 83.5 Å². The van der Waals surface area contributed by atoms with Gasteiger partial charge in [0.1, 0.15) is 36.4 Å². The lowest BCUT2D eigenvalue weighted by molar-refractivity contribution is -0.152. The molecule has 5 rings (SSSR count). The SMILES string of the molecule is CC(C)CC[C@@H](C)[C@H]1CC[C@H]2[C@@H]3CC=C4C[C@H](OC(=O)CNC(=O)[C@@H]5CCCN5C(=O)[C@H](CC(C)C)NC(=O)[C@H](CCC(N)=O)NC(=O)OC(C)(C)C)CC[C@]4(C)[C@H]3CC[C@]12C. The van der Waals surface area contributed by atoms with E-state index in [1.807, 2.05) is 13.8 Å². The lowest BCUT2D eigenvalue weighted by Crippen LogP contribution is -2.57. The van der Waals surface area contributed by atoms with Gasteiger partial charge in [0.15, 0.2) is 0 Å². The van der Waals surface area contributed by atoms with E-state index >= 15 is 0 Å². The van der Waals surface area contributed by atoms with Crippen molar-refractivity contribution in [1.82, 2.24) is 20.9 Å². The van der Waals surface area contributed by atoms with Gasteiger partial charge in [-0.25, -0.2) is 4.79 Å². The molecule has 5 amide bonds. The number of nitrogens with two attached hydrogens (primary N) is 1. The van der Waals surface area contributed by atoms with Crippen molar-refractivity contribution < 1.29 is 38.2 Å². The summed E-state index contributed by atoms with van der Waals surface area (Å²) in [4.78, 5) is 80.1. The molecule has 1 heterocycles. The summed E-state index contributed by atoms with van der Waals surface area (Å²) in [7, 11) is 0. The number of allylic oxidation sites excluding steroid dienone is 1. The first kappa shape index (κ1) is 49.4. The second kappa shape index (κ2) is 20.5. The number of nitrogens with zero attached hydrogens (tertiary/aromatic N) is 1. The molecule has 0 spiro atoms. The van der Waals surface area contributed by atoms with Crippen molar-refractivity contribution in [2.75, 3.05) is 13.1 Å². The summed E-state index contributed by atoms with van der Waals surface area (Å²) in [5.74, 6) is 1.85. The average molecular weight is 868 g/mol. The number of hydrogen-bond donors (Lipinski definition) is 4. The van der Waals surface area contributed by atoms with Crippen molar-refractivity contribution >= 4 is 35.7 Å². The van der Waals surface area contributed by atoms with Crippen molar-refractivity contribution in [3.63, 3.8) is 0 Å². The molecule has 350 valence electrons. The summed E-state index contributed by atoms with van der Waals surface area (Å²) in [5.41, 5.74) is 6.53. The first-order chi connectivity index (χ1) is 29.0. The molecule has 0 bridgehead atoms. The van der Waals surface area contributed by atoms with Gasteiger partial charge in [0.2, 0.25) is 23.6 Å². The predicted octanol–water partition coefficient (Wildman–Crippen LogP) is 7.35. The summed E-state index contributed by atoms with van der Waals surface area (Å²) >= 11 is 0. The second-order valence-corrected chi connectivity index (χ2v) is 22.1. The van der Waals surface area contributed by atoms with Gasteiger partial charge in [0.05, 0.1) is 0 Å². The fraction of sp³-hybridized carbons (Fsp3) is 0.837. The van der Waals surface area contributed by atoms with Crippen LogP contribution in [0.4, 0.5) is 4.79 Å². The highest BCUT2D eigenvalue weighted by Gasteiger charge is 2.59. The quantitative estimate of drug-likeness (QED) is 0.0864. The Kier molecular flexibility index (Phi) is 16.3. The topological polar surface area (TPSA) is 186 Å². The van der Waals surface area contributed by atoms with E-state index in [1.54, 1.807) is 20.8 Å². The number of rotatable bonds is 17. The molecule has 4 aliphatic carbocycles. The van der Waals surface area contributed by atoms with Crippen LogP contribution in [0.2, 0.25) is 0 Å². The molecule has 1 aliphatic heterocycles. The van der Waals surface area contributed by atoms with E-state index in [4.69, 9.17) is 15.2 Å². The van der Waals surface area contributed by atoms with E-state index in [1.165, 1.54) is 49.0 Å². The number of esters is 1. The van der Waals surface area contributed by atoms with Crippen molar-refractivity contribution in [1.29, 1.82) is 0 Å². The molecule has 5 N–H and O–H groups in total. The molecule has 4 fully saturated rings. The van der Waals surface area contributed by atoms with E-state index in [-0.39, 0.29) is 43.2 Å². The van der Waals surface area contributed by atoms with Crippen LogP contribution < -0.4 is 21.7 Å². The van der Waals surface area contributed by atoms with Crippen LogP contribution in [-0.2, 0) is 33.4 Å². The van der Waals surface area contributed by atoms with Gasteiger partial charge in [-0.3, -0.25) is 24.0 Å². The molecule has 5 aliphatic rings. The summed E-state index contributed by atoms with van der Waals surface area (Å²) in [5, 5.41) is 8.02. The van der Waals surface area contributed by atoms with E-state index in [2.05, 4.69) is 56.6 Å². The van der Waals surface area contributed by atoms with Crippen molar-refractivity contribution in [3.8, 4) is 0 Å². The number of hydrogen-bond acceptors (Lipinski definition) is 8. The summed E-state index contributed by atoms with van der Waals surface area (Å²) in [6, 6.07) is -3.02. The highest BCUT2D eigenvalue weighted by atomic mass is 16.6. The third-order valence-electron chi connectivity index (χ3n) is 15.6. The number of primary amides is 1. The van der Waals surface area contributed by atoms with Crippen LogP contribution >= 0.6 is 0 Å². The minimum Gasteiger partial charge on any atom is -0.461 e. The number of amides is 5. The van der Waals surface area contributed by atoms with Gasteiger partial charge in [0, 0.05) is 19.4 Å². The summed E-state index contributed by atoms with van der Waals surface area (Å²) < 4.78 is 11.3. The van der Waals surface area contributed by atoms with Crippen molar-refractivity contribution in [2.45, 2.75) is 195 Å².